The van der Waals surface area contributed by atoms with Crippen LogP contribution in [0.1, 0.15) is 17.9 Å². The van der Waals surface area contributed by atoms with Crippen molar-refractivity contribution in [3.8, 4) is 0 Å². The summed E-state index contributed by atoms with van der Waals surface area (Å²) in [5.41, 5.74) is 1.19. The summed E-state index contributed by atoms with van der Waals surface area (Å²) >= 11 is 0. The van der Waals surface area contributed by atoms with Crippen LogP contribution in [0.15, 0.2) is 30.3 Å². The van der Waals surface area contributed by atoms with E-state index in [1.165, 1.54) is 12.7 Å². The summed E-state index contributed by atoms with van der Waals surface area (Å²) in [6.45, 7) is -0.0483. The number of carbonyl (C=O) groups excluding carboxylic acids is 2. The van der Waals surface area contributed by atoms with Gasteiger partial charge in [0.25, 0.3) is 0 Å². The topological polar surface area (TPSA) is 55.4 Å². The van der Waals surface area contributed by atoms with Gasteiger partial charge in [-0.1, -0.05) is 30.3 Å². The molecule has 0 aliphatic heterocycles. The number of ether oxygens (including phenoxy) is 1. The van der Waals surface area contributed by atoms with Gasteiger partial charge >= 0.3 is 5.97 Å². The molecule has 17 heavy (non-hydrogen) atoms. The Morgan fingerprint density at radius 2 is 2.06 bits per heavy atom. The van der Waals surface area contributed by atoms with E-state index in [9.17, 15) is 9.59 Å². The molecule has 2 unspecified atom stereocenters. The van der Waals surface area contributed by atoms with E-state index in [-0.39, 0.29) is 18.4 Å². The highest BCUT2D eigenvalue weighted by Crippen LogP contribution is 2.47. The Bertz CT molecular complexity index is 416. The molecule has 1 aromatic rings. The largest absolute Gasteiger partial charge is 0.468 e. The van der Waals surface area contributed by atoms with Gasteiger partial charge in [0.15, 0.2) is 0 Å². The highest BCUT2D eigenvalue weighted by Gasteiger charge is 2.43. The normalized spacial score (nSPS) is 21.7. The fourth-order valence-corrected chi connectivity index (χ4v) is 1.92. The summed E-state index contributed by atoms with van der Waals surface area (Å²) in [7, 11) is 1.30. The molecule has 0 aromatic heterocycles. The molecule has 0 bridgehead atoms. The average molecular weight is 233 g/mol. The molecular weight excluding hydrogens is 218 g/mol. The fourth-order valence-electron chi connectivity index (χ4n) is 1.92. The molecule has 1 fully saturated rings. The molecule has 0 spiro atoms. The van der Waals surface area contributed by atoms with Crippen molar-refractivity contribution < 1.29 is 14.3 Å². The Labute approximate surface area is 100.0 Å². The van der Waals surface area contributed by atoms with E-state index in [2.05, 4.69) is 10.1 Å². The molecule has 1 aliphatic carbocycles. The summed E-state index contributed by atoms with van der Waals surface area (Å²) in [6.07, 6.45) is 0.858. The molecule has 4 nitrogen and oxygen atoms in total. The third-order valence-corrected chi connectivity index (χ3v) is 2.99. The van der Waals surface area contributed by atoms with Gasteiger partial charge in [-0.05, 0) is 17.9 Å². The SMILES string of the molecule is COC(=O)CNC(=O)C1CC1c1ccccc1. The summed E-state index contributed by atoms with van der Waals surface area (Å²) < 4.78 is 4.46. The minimum atomic E-state index is -0.421. The summed E-state index contributed by atoms with van der Waals surface area (Å²) in [4.78, 5) is 22.6. The van der Waals surface area contributed by atoms with Crippen LogP contribution in [-0.2, 0) is 14.3 Å². The molecule has 1 amide bonds. The second kappa shape index (κ2) is 4.99. The van der Waals surface area contributed by atoms with Crippen molar-refractivity contribution in [3.63, 3.8) is 0 Å². The Morgan fingerprint density at radius 3 is 2.71 bits per heavy atom. The highest BCUT2D eigenvalue weighted by molar-refractivity contribution is 5.86. The number of carbonyl (C=O) groups is 2. The van der Waals surface area contributed by atoms with Crippen molar-refractivity contribution in [3.05, 3.63) is 35.9 Å². The summed E-state index contributed by atoms with van der Waals surface area (Å²) in [5, 5.41) is 2.58. The van der Waals surface area contributed by atoms with Gasteiger partial charge in [-0.3, -0.25) is 9.59 Å². The first-order valence-corrected chi connectivity index (χ1v) is 5.62. The lowest BCUT2D eigenvalue weighted by Crippen LogP contribution is -2.31. The van der Waals surface area contributed by atoms with Crippen LogP contribution < -0.4 is 5.32 Å². The lowest BCUT2D eigenvalue weighted by Gasteiger charge is -2.03. The van der Waals surface area contributed by atoms with Crippen molar-refractivity contribution in [2.24, 2.45) is 5.92 Å². The Hall–Kier alpha value is -1.84. The van der Waals surface area contributed by atoms with Gasteiger partial charge in [-0.25, -0.2) is 0 Å². The molecule has 1 aliphatic rings. The van der Waals surface area contributed by atoms with E-state index >= 15 is 0 Å². The zero-order valence-electron chi connectivity index (χ0n) is 9.68. The minimum Gasteiger partial charge on any atom is -0.468 e. The van der Waals surface area contributed by atoms with Gasteiger partial charge < -0.3 is 10.1 Å². The van der Waals surface area contributed by atoms with Crippen molar-refractivity contribution >= 4 is 11.9 Å². The van der Waals surface area contributed by atoms with Gasteiger partial charge in [0.2, 0.25) is 5.91 Å². The van der Waals surface area contributed by atoms with Crippen LogP contribution in [0.3, 0.4) is 0 Å². The van der Waals surface area contributed by atoms with Crippen molar-refractivity contribution in [2.45, 2.75) is 12.3 Å². The van der Waals surface area contributed by atoms with E-state index in [0.717, 1.165) is 6.42 Å². The number of amides is 1. The number of rotatable bonds is 4. The van der Waals surface area contributed by atoms with Gasteiger partial charge in [-0.15, -0.1) is 0 Å². The van der Waals surface area contributed by atoms with Crippen LogP contribution in [0.4, 0.5) is 0 Å². The quantitative estimate of drug-likeness (QED) is 0.792. The molecule has 2 rings (SSSR count). The summed E-state index contributed by atoms with van der Waals surface area (Å²) in [5.74, 6) is -0.185. The fraction of sp³-hybridized carbons (Fsp3) is 0.385. The zero-order valence-corrected chi connectivity index (χ0v) is 9.68. The monoisotopic (exact) mass is 233 g/mol. The molecule has 1 saturated carbocycles. The maximum atomic E-state index is 11.7. The molecular formula is C13H15NO3. The van der Waals surface area contributed by atoms with E-state index < -0.39 is 5.97 Å². The number of hydrogen-bond acceptors (Lipinski definition) is 3. The maximum Gasteiger partial charge on any atom is 0.325 e. The second-order valence-corrected chi connectivity index (χ2v) is 4.15. The smallest absolute Gasteiger partial charge is 0.325 e. The van der Waals surface area contributed by atoms with E-state index in [1.807, 2.05) is 30.3 Å². The maximum absolute atomic E-state index is 11.7. The molecule has 90 valence electrons. The summed E-state index contributed by atoms with van der Waals surface area (Å²) in [6, 6.07) is 9.95. The Balaban J connectivity index is 1.83. The first-order chi connectivity index (χ1) is 8.22. The van der Waals surface area contributed by atoms with E-state index in [0.29, 0.717) is 5.92 Å². The lowest BCUT2D eigenvalue weighted by molar-refractivity contribution is -0.141. The Morgan fingerprint density at radius 1 is 1.35 bits per heavy atom. The second-order valence-electron chi connectivity index (χ2n) is 4.15. The number of esters is 1. The molecule has 1 aromatic carbocycles. The standard InChI is InChI=1S/C13H15NO3/c1-17-12(15)8-14-13(16)11-7-10(11)9-5-3-2-4-6-9/h2-6,10-11H,7-8H2,1H3,(H,14,16). The number of nitrogens with one attached hydrogen (secondary N) is 1. The van der Waals surface area contributed by atoms with Gasteiger partial charge in [0, 0.05) is 5.92 Å². The molecule has 1 N–H and O–H groups in total. The van der Waals surface area contributed by atoms with Crippen LogP contribution in [0, 0.1) is 5.92 Å². The third kappa shape index (κ3) is 2.84. The first-order valence-electron chi connectivity index (χ1n) is 5.62. The van der Waals surface area contributed by atoms with E-state index in [4.69, 9.17) is 0 Å². The minimum absolute atomic E-state index is 0.00190. The molecule has 0 saturated heterocycles. The van der Waals surface area contributed by atoms with Gasteiger partial charge in [-0.2, -0.15) is 0 Å². The molecule has 2 atom stereocenters. The van der Waals surface area contributed by atoms with Crippen LogP contribution in [0.25, 0.3) is 0 Å². The predicted molar refractivity (Wildman–Crippen MR) is 62.3 cm³/mol. The van der Waals surface area contributed by atoms with Gasteiger partial charge in [0.1, 0.15) is 6.54 Å². The number of methoxy groups -OCH3 is 1. The van der Waals surface area contributed by atoms with Crippen LogP contribution in [0.2, 0.25) is 0 Å². The highest BCUT2D eigenvalue weighted by atomic mass is 16.5. The van der Waals surface area contributed by atoms with Crippen molar-refractivity contribution in [1.29, 1.82) is 0 Å². The Kier molecular flexibility index (Phi) is 3.42. The number of hydrogen-bond donors (Lipinski definition) is 1. The first kappa shape index (κ1) is 11.6. The molecule has 0 radical (unpaired) electrons. The van der Waals surface area contributed by atoms with Crippen LogP contribution in [0.5, 0.6) is 0 Å². The van der Waals surface area contributed by atoms with Crippen molar-refractivity contribution in [1.82, 2.24) is 5.32 Å². The lowest BCUT2D eigenvalue weighted by atomic mass is 10.1. The van der Waals surface area contributed by atoms with Crippen LogP contribution in [-0.4, -0.2) is 25.5 Å². The number of benzene rings is 1. The molecule has 0 heterocycles. The zero-order chi connectivity index (χ0) is 12.3. The van der Waals surface area contributed by atoms with E-state index in [1.54, 1.807) is 0 Å². The van der Waals surface area contributed by atoms with Gasteiger partial charge in [0.05, 0.1) is 7.11 Å². The third-order valence-electron chi connectivity index (χ3n) is 2.99. The molecule has 4 heteroatoms. The average Bonchev–Trinajstić information content (AvgIpc) is 3.17. The van der Waals surface area contributed by atoms with Crippen molar-refractivity contribution in [2.75, 3.05) is 13.7 Å². The van der Waals surface area contributed by atoms with Crippen LogP contribution >= 0.6 is 0 Å². The predicted octanol–water partition coefficient (Wildman–Crippen LogP) is 1.08.